The second-order valence-electron chi connectivity index (χ2n) is 5.52. The van der Waals surface area contributed by atoms with Crippen molar-refractivity contribution >= 4 is 21.9 Å². The lowest BCUT2D eigenvalue weighted by Gasteiger charge is -2.25. The third-order valence-electron chi connectivity index (χ3n) is 3.69. The molecular weight excluding hydrogens is 348 g/mol. The minimum Gasteiger partial charge on any atom is -0.459 e. The fourth-order valence-electron chi connectivity index (χ4n) is 2.44. The first-order valence-corrected chi connectivity index (χ1v) is 8.91. The monoisotopic (exact) mass is 370 g/mol. The molecule has 5 heteroatoms. The summed E-state index contributed by atoms with van der Waals surface area (Å²) < 4.78 is 17.1. The summed E-state index contributed by atoms with van der Waals surface area (Å²) in [7, 11) is 0. The van der Waals surface area contributed by atoms with E-state index in [-0.39, 0.29) is 18.7 Å². The Kier molecular flexibility index (Phi) is 6.86. The summed E-state index contributed by atoms with van der Waals surface area (Å²) >= 11 is 3.47. The Balaban J connectivity index is 1.79. The van der Waals surface area contributed by atoms with Crippen molar-refractivity contribution in [1.29, 1.82) is 0 Å². The van der Waals surface area contributed by atoms with Crippen molar-refractivity contribution in [1.82, 2.24) is 0 Å². The van der Waals surface area contributed by atoms with Crippen molar-refractivity contribution in [2.45, 2.75) is 44.5 Å². The Bertz CT molecular complexity index is 465. The molecule has 0 aromatic heterocycles. The largest absolute Gasteiger partial charge is 0.459 e. The second kappa shape index (κ2) is 8.65. The first-order chi connectivity index (χ1) is 10.7. The van der Waals surface area contributed by atoms with E-state index in [9.17, 15) is 4.79 Å². The van der Waals surface area contributed by atoms with Gasteiger partial charge in [-0.25, -0.2) is 4.79 Å². The normalized spacial score (nSPS) is 24.4. The summed E-state index contributed by atoms with van der Waals surface area (Å²) in [6.45, 7) is 2.85. The van der Waals surface area contributed by atoms with Crippen LogP contribution in [0.1, 0.15) is 43.0 Å². The molecule has 0 aliphatic carbocycles. The molecule has 1 fully saturated rings. The molecule has 0 radical (unpaired) electrons. The summed E-state index contributed by atoms with van der Waals surface area (Å²) in [5.74, 6) is -0.898. The highest BCUT2D eigenvalue weighted by Crippen LogP contribution is 2.31. The zero-order valence-corrected chi connectivity index (χ0v) is 14.5. The molecule has 0 bridgehead atoms. The van der Waals surface area contributed by atoms with Gasteiger partial charge in [0.25, 0.3) is 0 Å². The highest BCUT2D eigenvalue weighted by Gasteiger charge is 2.40. The van der Waals surface area contributed by atoms with Crippen molar-refractivity contribution in [2.75, 3.05) is 18.5 Å². The average Bonchev–Trinajstić information content (AvgIpc) is 2.98. The summed E-state index contributed by atoms with van der Waals surface area (Å²) in [4.78, 5) is 11.9. The van der Waals surface area contributed by atoms with Crippen LogP contribution in [0.3, 0.4) is 0 Å². The number of halogens is 1. The topological polar surface area (TPSA) is 44.8 Å². The molecular formula is C17H23BrO4. The van der Waals surface area contributed by atoms with E-state index in [1.54, 1.807) is 12.1 Å². The first-order valence-electron chi connectivity index (χ1n) is 7.79. The molecule has 4 nitrogen and oxygen atoms in total. The lowest BCUT2D eigenvalue weighted by atomic mass is 10.1. The SMILES string of the molecule is CCCCCC1(CBr)OCC(COC(=O)c2ccccc2)O1. The average molecular weight is 371 g/mol. The number of carbonyl (C=O) groups excluding carboxylic acids is 1. The van der Waals surface area contributed by atoms with Gasteiger partial charge in [-0.1, -0.05) is 53.9 Å². The van der Waals surface area contributed by atoms with Crippen LogP contribution >= 0.6 is 15.9 Å². The maximum atomic E-state index is 11.9. The predicted octanol–water partition coefficient (Wildman–Crippen LogP) is 3.93. The van der Waals surface area contributed by atoms with Crippen LogP contribution in [-0.2, 0) is 14.2 Å². The van der Waals surface area contributed by atoms with Gasteiger partial charge >= 0.3 is 5.97 Å². The minimum atomic E-state index is -0.570. The van der Waals surface area contributed by atoms with Crippen molar-refractivity contribution in [3.05, 3.63) is 35.9 Å². The number of hydrogen-bond donors (Lipinski definition) is 0. The number of rotatable bonds is 8. The lowest BCUT2D eigenvalue weighted by Crippen LogP contribution is -2.33. The zero-order chi connectivity index (χ0) is 15.8. The van der Waals surface area contributed by atoms with E-state index >= 15 is 0 Å². The Morgan fingerprint density at radius 3 is 2.82 bits per heavy atom. The molecule has 1 aliphatic rings. The number of alkyl halides is 1. The smallest absolute Gasteiger partial charge is 0.338 e. The highest BCUT2D eigenvalue weighted by atomic mass is 79.9. The van der Waals surface area contributed by atoms with Crippen molar-refractivity contribution < 1.29 is 19.0 Å². The van der Waals surface area contributed by atoms with E-state index in [1.165, 1.54) is 0 Å². The third kappa shape index (κ3) is 4.80. The lowest BCUT2D eigenvalue weighted by molar-refractivity contribution is -0.158. The van der Waals surface area contributed by atoms with Gasteiger partial charge < -0.3 is 14.2 Å². The minimum absolute atomic E-state index is 0.202. The van der Waals surface area contributed by atoms with Crippen LogP contribution in [0.25, 0.3) is 0 Å². The molecule has 0 amide bonds. The van der Waals surface area contributed by atoms with E-state index in [0.29, 0.717) is 17.5 Å². The number of unbranched alkanes of at least 4 members (excludes halogenated alkanes) is 2. The number of ether oxygens (including phenoxy) is 3. The van der Waals surface area contributed by atoms with E-state index in [1.807, 2.05) is 18.2 Å². The van der Waals surface area contributed by atoms with E-state index in [0.717, 1.165) is 25.7 Å². The Morgan fingerprint density at radius 1 is 1.36 bits per heavy atom. The molecule has 1 aromatic carbocycles. The maximum absolute atomic E-state index is 11.9. The first kappa shape index (κ1) is 17.4. The molecule has 2 rings (SSSR count). The van der Waals surface area contributed by atoms with Crippen LogP contribution in [0.2, 0.25) is 0 Å². The number of benzene rings is 1. The Morgan fingerprint density at radius 2 is 2.14 bits per heavy atom. The van der Waals surface area contributed by atoms with E-state index in [4.69, 9.17) is 14.2 Å². The van der Waals surface area contributed by atoms with Crippen LogP contribution in [0.15, 0.2) is 30.3 Å². The van der Waals surface area contributed by atoms with Crippen molar-refractivity contribution in [2.24, 2.45) is 0 Å². The molecule has 22 heavy (non-hydrogen) atoms. The Hall–Kier alpha value is -0.910. The molecule has 1 aliphatic heterocycles. The second-order valence-corrected chi connectivity index (χ2v) is 6.08. The number of carbonyl (C=O) groups is 1. The zero-order valence-electron chi connectivity index (χ0n) is 12.9. The van der Waals surface area contributed by atoms with Gasteiger partial charge in [-0.2, -0.15) is 0 Å². The van der Waals surface area contributed by atoms with Crippen molar-refractivity contribution in [3.63, 3.8) is 0 Å². The fourth-order valence-corrected chi connectivity index (χ4v) is 3.01. The summed E-state index contributed by atoms with van der Waals surface area (Å²) in [6, 6.07) is 8.97. The standard InChI is InChI=1S/C17H23BrO4/c1-2-3-7-10-17(13-18)21-12-15(22-17)11-20-16(19)14-8-5-4-6-9-14/h4-6,8-9,15H,2-3,7,10-13H2,1H3. The quantitative estimate of drug-likeness (QED) is 0.395. The molecule has 1 heterocycles. The van der Waals surface area contributed by atoms with Crippen LogP contribution in [-0.4, -0.2) is 36.4 Å². The van der Waals surface area contributed by atoms with Crippen LogP contribution in [0.5, 0.6) is 0 Å². The molecule has 0 spiro atoms. The molecule has 0 N–H and O–H groups in total. The van der Waals surface area contributed by atoms with Crippen LogP contribution in [0.4, 0.5) is 0 Å². The molecule has 2 unspecified atom stereocenters. The Labute approximate surface area is 140 Å². The number of esters is 1. The van der Waals surface area contributed by atoms with Crippen LogP contribution in [0, 0.1) is 0 Å². The molecule has 1 saturated heterocycles. The van der Waals surface area contributed by atoms with Gasteiger partial charge in [-0.3, -0.25) is 0 Å². The summed E-state index contributed by atoms with van der Waals surface area (Å²) in [5, 5.41) is 0.632. The van der Waals surface area contributed by atoms with Gasteiger partial charge in [0.05, 0.1) is 17.5 Å². The summed E-state index contributed by atoms with van der Waals surface area (Å²) in [5.41, 5.74) is 0.552. The van der Waals surface area contributed by atoms with E-state index in [2.05, 4.69) is 22.9 Å². The van der Waals surface area contributed by atoms with Crippen LogP contribution < -0.4 is 0 Å². The highest BCUT2D eigenvalue weighted by molar-refractivity contribution is 9.09. The maximum Gasteiger partial charge on any atom is 0.338 e. The van der Waals surface area contributed by atoms with Gasteiger partial charge in [0.1, 0.15) is 12.7 Å². The molecule has 0 saturated carbocycles. The van der Waals surface area contributed by atoms with Gasteiger partial charge in [0, 0.05) is 6.42 Å². The van der Waals surface area contributed by atoms with Gasteiger partial charge in [0.2, 0.25) is 0 Å². The fraction of sp³-hybridized carbons (Fsp3) is 0.588. The van der Waals surface area contributed by atoms with E-state index < -0.39 is 5.79 Å². The molecule has 1 aromatic rings. The van der Waals surface area contributed by atoms with Gasteiger partial charge in [-0.05, 0) is 18.6 Å². The number of hydrogen-bond acceptors (Lipinski definition) is 4. The van der Waals surface area contributed by atoms with Crippen molar-refractivity contribution in [3.8, 4) is 0 Å². The summed E-state index contributed by atoms with van der Waals surface area (Å²) in [6.07, 6.45) is 4.05. The molecule has 2 atom stereocenters. The van der Waals surface area contributed by atoms with Gasteiger partial charge in [-0.15, -0.1) is 0 Å². The predicted molar refractivity (Wildman–Crippen MR) is 88.2 cm³/mol. The molecule has 122 valence electrons. The third-order valence-corrected chi connectivity index (χ3v) is 4.54. The van der Waals surface area contributed by atoms with Gasteiger partial charge in [0.15, 0.2) is 5.79 Å².